The molecule has 2 heterocycles. The summed E-state index contributed by atoms with van der Waals surface area (Å²) in [5.74, 6) is 0.551. The third kappa shape index (κ3) is 4.68. The van der Waals surface area contributed by atoms with Gasteiger partial charge in [-0.3, -0.25) is 19.1 Å². The number of carbonyl (C=O) groups excluding carboxylic acids is 1. The van der Waals surface area contributed by atoms with E-state index in [-0.39, 0.29) is 23.1 Å². The van der Waals surface area contributed by atoms with Crippen molar-refractivity contribution < 1.29 is 4.79 Å². The van der Waals surface area contributed by atoms with E-state index in [0.717, 1.165) is 32.1 Å². The number of nitrogens with zero attached hydrogens (tertiary/aromatic N) is 3. The van der Waals surface area contributed by atoms with Gasteiger partial charge in [0.05, 0.1) is 4.91 Å². The van der Waals surface area contributed by atoms with E-state index < -0.39 is 0 Å². The van der Waals surface area contributed by atoms with Gasteiger partial charge in [-0.1, -0.05) is 67.2 Å². The Balaban J connectivity index is 1.73. The zero-order valence-corrected chi connectivity index (χ0v) is 21.1. The highest BCUT2D eigenvalue weighted by atomic mass is 32.2. The van der Waals surface area contributed by atoms with Gasteiger partial charge in [-0.2, -0.15) is 5.26 Å². The molecule has 1 saturated heterocycles. The first kappa shape index (κ1) is 24.2. The molecule has 8 heteroatoms. The van der Waals surface area contributed by atoms with Gasteiger partial charge in [0.2, 0.25) is 0 Å². The number of thiocarbonyl (C=S) groups is 1. The second-order valence-corrected chi connectivity index (χ2v) is 10.3. The average molecular weight is 493 g/mol. The van der Waals surface area contributed by atoms with Crippen molar-refractivity contribution in [3.63, 3.8) is 0 Å². The van der Waals surface area contributed by atoms with E-state index in [9.17, 15) is 14.9 Å². The Kier molecular flexibility index (Phi) is 7.54. The molecule has 1 aromatic carbocycles. The minimum absolute atomic E-state index is 0.0794. The lowest BCUT2D eigenvalue weighted by molar-refractivity contribution is -0.123. The van der Waals surface area contributed by atoms with E-state index in [1.807, 2.05) is 25.1 Å². The minimum atomic E-state index is -0.319. The lowest BCUT2D eigenvalue weighted by atomic mass is 10.0. The summed E-state index contributed by atoms with van der Waals surface area (Å²) < 4.78 is 2.17. The van der Waals surface area contributed by atoms with Crippen LogP contribution in [-0.4, -0.2) is 32.3 Å². The number of anilines is 1. The molecule has 1 saturated carbocycles. The van der Waals surface area contributed by atoms with Gasteiger partial charge in [0.25, 0.3) is 11.5 Å². The Bertz CT molecular complexity index is 1240. The van der Waals surface area contributed by atoms with Gasteiger partial charge in [-0.05, 0) is 50.3 Å². The molecule has 1 aromatic heterocycles. The Morgan fingerprint density at radius 1 is 1.24 bits per heavy atom. The molecule has 4 rings (SSSR count). The molecule has 0 atom stereocenters. The van der Waals surface area contributed by atoms with Gasteiger partial charge in [0.1, 0.15) is 21.8 Å². The van der Waals surface area contributed by atoms with Crippen molar-refractivity contribution in [2.45, 2.75) is 58.5 Å². The quantitative estimate of drug-likeness (QED) is 0.440. The van der Waals surface area contributed by atoms with Crippen LogP contribution in [0.5, 0.6) is 0 Å². The van der Waals surface area contributed by atoms with Crippen molar-refractivity contribution in [3.8, 4) is 6.07 Å². The summed E-state index contributed by atoms with van der Waals surface area (Å²) in [6.45, 7) is 4.67. The molecule has 1 N–H and O–H groups in total. The number of thioether (sulfide) groups is 1. The van der Waals surface area contributed by atoms with Gasteiger partial charge in [-0.15, -0.1) is 0 Å². The van der Waals surface area contributed by atoms with Gasteiger partial charge in [-0.25, -0.2) is 0 Å². The highest BCUT2D eigenvalue weighted by Crippen LogP contribution is 2.39. The lowest BCUT2D eigenvalue weighted by Gasteiger charge is -2.22. The molecular formula is C26H28N4O2S2. The molecule has 0 unspecified atom stereocenters. The first-order valence-corrected chi connectivity index (χ1v) is 12.9. The van der Waals surface area contributed by atoms with Crippen LogP contribution >= 0.6 is 24.0 Å². The standard InChI is InChI=1S/C26H28N4O2S2/c1-3-29-23(28-14-13-18-9-5-4-6-10-18)20(17(2)21(16-27)24(29)31)15-22-25(32)30(26(33)34-22)19-11-7-8-12-19/h4-6,9-10,15,19,28H,3,7-8,11-14H2,1-2H3/b22-15+. The fourth-order valence-electron chi connectivity index (χ4n) is 4.71. The van der Waals surface area contributed by atoms with Crippen molar-refractivity contribution in [3.05, 3.63) is 67.8 Å². The van der Waals surface area contributed by atoms with E-state index in [1.165, 1.54) is 17.3 Å². The summed E-state index contributed by atoms with van der Waals surface area (Å²) in [5.41, 5.74) is 2.24. The summed E-state index contributed by atoms with van der Waals surface area (Å²) >= 11 is 6.86. The van der Waals surface area contributed by atoms with E-state index in [4.69, 9.17) is 12.2 Å². The molecule has 34 heavy (non-hydrogen) atoms. The first-order chi connectivity index (χ1) is 16.5. The lowest BCUT2D eigenvalue weighted by Crippen LogP contribution is -2.36. The second-order valence-electron chi connectivity index (χ2n) is 8.58. The van der Waals surface area contributed by atoms with E-state index in [1.54, 1.807) is 22.5 Å². The fourth-order valence-corrected chi connectivity index (χ4v) is 6.10. The molecule has 0 bridgehead atoms. The normalized spacial score (nSPS) is 17.6. The summed E-state index contributed by atoms with van der Waals surface area (Å²) in [5, 5.41) is 13.1. The Labute approximate surface area is 209 Å². The highest BCUT2D eigenvalue weighted by Gasteiger charge is 2.38. The van der Waals surface area contributed by atoms with Crippen LogP contribution in [0, 0.1) is 18.3 Å². The van der Waals surface area contributed by atoms with Gasteiger partial charge >= 0.3 is 0 Å². The maximum atomic E-state index is 13.3. The number of carbonyl (C=O) groups is 1. The number of aromatic nitrogens is 1. The van der Waals surface area contributed by atoms with Crippen molar-refractivity contribution in [2.75, 3.05) is 11.9 Å². The molecule has 1 aliphatic heterocycles. The molecule has 2 fully saturated rings. The largest absolute Gasteiger partial charge is 0.371 e. The van der Waals surface area contributed by atoms with Crippen molar-refractivity contribution >= 4 is 46.1 Å². The Hall–Kier alpha value is -2.89. The fraction of sp³-hybridized carbons (Fsp3) is 0.385. The minimum Gasteiger partial charge on any atom is -0.371 e. The predicted molar refractivity (Wildman–Crippen MR) is 142 cm³/mol. The van der Waals surface area contributed by atoms with Crippen LogP contribution in [0.25, 0.3) is 6.08 Å². The summed E-state index contributed by atoms with van der Waals surface area (Å²) in [7, 11) is 0. The maximum absolute atomic E-state index is 13.3. The molecule has 0 radical (unpaired) electrons. The first-order valence-electron chi connectivity index (χ1n) is 11.7. The maximum Gasteiger partial charge on any atom is 0.270 e. The summed E-state index contributed by atoms with van der Waals surface area (Å²) in [6.07, 6.45) is 6.77. The van der Waals surface area contributed by atoms with Crippen LogP contribution < -0.4 is 10.9 Å². The second kappa shape index (κ2) is 10.6. The number of nitriles is 1. The third-order valence-electron chi connectivity index (χ3n) is 6.53. The van der Waals surface area contributed by atoms with Gasteiger partial charge in [0, 0.05) is 24.7 Å². The summed E-state index contributed by atoms with van der Waals surface area (Å²) in [4.78, 5) is 28.6. The Morgan fingerprint density at radius 3 is 2.59 bits per heavy atom. The number of benzene rings is 1. The molecular weight excluding hydrogens is 464 g/mol. The average Bonchev–Trinajstić information content (AvgIpc) is 3.45. The Morgan fingerprint density at radius 2 is 1.94 bits per heavy atom. The molecule has 2 aromatic rings. The van der Waals surface area contributed by atoms with Crippen LogP contribution in [-0.2, 0) is 17.8 Å². The molecule has 1 aliphatic carbocycles. The smallest absolute Gasteiger partial charge is 0.270 e. The van der Waals surface area contributed by atoms with Gasteiger partial charge < -0.3 is 5.32 Å². The number of nitrogens with one attached hydrogen (secondary N) is 1. The monoisotopic (exact) mass is 492 g/mol. The van der Waals surface area contributed by atoms with Crippen LogP contribution in [0.4, 0.5) is 5.82 Å². The number of pyridine rings is 1. The third-order valence-corrected chi connectivity index (χ3v) is 7.86. The molecule has 1 amide bonds. The number of amides is 1. The number of hydrogen-bond acceptors (Lipinski definition) is 6. The SMILES string of the molecule is CCn1c(NCCc2ccccc2)c(/C=C2/SC(=S)N(C3CCCC3)C2=O)c(C)c(C#N)c1=O. The number of hydrogen-bond donors (Lipinski definition) is 1. The molecule has 6 nitrogen and oxygen atoms in total. The van der Waals surface area contributed by atoms with Crippen LogP contribution in [0.2, 0.25) is 0 Å². The van der Waals surface area contributed by atoms with Crippen molar-refractivity contribution in [2.24, 2.45) is 0 Å². The predicted octanol–water partition coefficient (Wildman–Crippen LogP) is 4.85. The molecule has 176 valence electrons. The molecule has 0 spiro atoms. The zero-order valence-electron chi connectivity index (χ0n) is 19.5. The zero-order chi connectivity index (χ0) is 24.2. The van der Waals surface area contributed by atoms with E-state index in [2.05, 4.69) is 23.5 Å². The van der Waals surface area contributed by atoms with Crippen LogP contribution in [0.1, 0.15) is 54.9 Å². The van der Waals surface area contributed by atoms with Crippen molar-refractivity contribution in [1.29, 1.82) is 5.26 Å². The van der Waals surface area contributed by atoms with Crippen LogP contribution in [0.15, 0.2) is 40.0 Å². The molecule has 2 aliphatic rings. The van der Waals surface area contributed by atoms with Gasteiger partial charge in [0.15, 0.2) is 0 Å². The number of rotatable bonds is 7. The van der Waals surface area contributed by atoms with E-state index >= 15 is 0 Å². The van der Waals surface area contributed by atoms with Crippen molar-refractivity contribution in [1.82, 2.24) is 9.47 Å². The highest BCUT2D eigenvalue weighted by molar-refractivity contribution is 8.26. The van der Waals surface area contributed by atoms with Crippen LogP contribution in [0.3, 0.4) is 0 Å². The van der Waals surface area contributed by atoms with E-state index in [0.29, 0.717) is 39.3 Å². The summed E-state index contributed by atoms with van der Waals surface area (Å²) in [6, 6.07) is 12.3. The topological polar surface area (TPSA) is 78.1 Å².